The maximum absolute atomic E-state index is 11.6. The van der Waals surface area contributed by atoms with Crippen molar-refractivity contribution in [2.24, 2.45) is 4.99 Å². The van der Waals surface area contributed by atoms with Crippen molar-refractivity contribution in [1.29, 1.82) is 0 Å². The highest BCUT2D eigenvalue weighted by Crippen LogP contribution is 2.19. The zero-order valence-electron chi connectivity index (χ0n) is 15.9. The van der Waals surface area contributed by atoms with Crippen molar-refractivity contribution >= 4 is 39.8 Å². The lowest BCUT2D eigenvalue weighted by Gasteiger charge is -2.10. The Balaban J connectivity index is 0.00000364. The van der Waals surface area contributed by atoms with Gasteiger partial charge in [0, 0.05) is 24.4 Å². The minimum absolute atomic E-state index is 0. The van der Waals surface area contributed by atoms with E-state index in [1.165, 1.54) is 5.56 Å². The molecule has 0 saturated heterocycles. The van der Waals surface area contributed by atoms with Crippen LogP contribution in [0.1, 0.15) is 25.1 Å². The molecule has 27 heavy (non-hydrogen) atoms. The van der Waals surface area contributed by atoms with Gasteiger partial charge in [-0.05, 0) is 26.0 Å². The summed E-state index contributed by atoms with van der Waals surface area (Å²) in [5.74, 6) is 1.33. The summed E-state index contributed by atoms with van der Waals surface area (Å²) in [5, 5.41) is 6.11. The maximum Gasteiger partial charge on any atom is 0.226 e. The topological polar surface area (TPSA) is 96.6 Å². The molecular formula is C18H27IN4O3S. The Bertz CT molecular complexity index is 833. The molecule has 2 N–H and O–H groups in total. The fourth-order valence-electron chi connectivity index (χ4n) is 2.18. The SMILES string of the molecule is CCNC(=NCc1coc(-c2ccc(C)cc2)n1)NCCS(=O)(=O)CC.I. The number of oxazole rings is 1. The Morgan fingerprint density at radius 1 is 1.19 bits per heavy atom. The van der Waals surface area contributed by atoms with Gasteiger partial charge in [0.2, 0.25) is 5.89 Å². The van der Waals surface area contributed by atoms with Gasteiger partial charge in [-0.1, -0.05) is 24.6 Å². The number of aromatic nitrogens is 1. The quantitative estimate of drug-likeness (QED) is 0.325. The Hall–Kier alpha value is -1.62. The first-order valence-corrected chi connectivity index (χ1v) is 10.5. The molecule has 9 heteroatoms. The lowest BCUT2D eigenvalue weighted by atomic mass is 10.1. The van der Waals surface area contributed by atoms with Crippen molar-refractivity contribution in [2.75, 3.05) is 24.6 Å². The van der Waals surface area contributed by atoms with E-state index in [-0.39, 0.29) is 35.5 Å². The van der Waals surface area contributed by atoms with Crippen molar-refractivity contribution in [3.05, 3.63) is 41.8 Å². The minimum Gasteiger partial charge on any atom is -0.444 e. The zero-order chi connectivity index (χ0) is 19.0. The third-order valence-electron chi connectivity index (χ3n) is 3.74. The Kier molecular flexibility index (Phi) is 9.78. The lowest BCUT2D eigenvalue weighted by molar-refractivity contribution is 0.572. The molecule has 2 aromatic rings. The Morgan fingerprint density at radius 3 is 2.52 bits per heavy atom. The molecule has 1 aromatic heterocycles. The molecule has 0 spiro atoms. The largest absolute Gasteiger partial charge is 0.444 e. The predicted molar refractivity (Wildman–Crippen MR) is 119 cm³/mol. The summed E-state index contributed by atoms with van der Waals surface area (Å²) < 4.78 is 28.6. The molecule has 7 nitrogen and oxygen atoms in total. The van der Waals surface area contributed by atoms with Crippen LogP contribution >= 0.6 is 24.0 Å². The summed E-state index contributed by atoms with van der Waals surface area (Å²) in [7, 11) is -3.00. The van der Waals surface area contributed by atoms with Gasteiger partial charge in [-0.3, -0.25) is 0 Å². The summed E-state index contributed by atoms with van der Waals surface area (Å²) in [4.78, 5) is 8.88. The first-order chi connectivity index (χ1) is 12.4. The molecule has 0 aliphatic carbocycles. The number of aliphatic imine (C=N–C) groups is 1. The van der Waals surface area contributed by atoms with Crippen molar-refractivity contribution in [3.8, 4) is 11.5 Å². The number of hydrogen-bond acceptors (Lipinski definition) is 5. The highest BCUT2D eigenvalue weighted by molar-refractivity contribution is 14.0. The summed E-state index contributed by atoms with van der Waals surface area (Å²) in [6.45, 7) is 6.96. The van der Waals surface area contributed by atoms with Crippen LogP contribution in [0.3, 0.4) is 0 Å². The van der Waals surface area contributed by atoms with Crippen LogP contribution in [-0.2, 0) is 16.4 Å². The van der Waals surface area contributed by atoms with Crippen LogP contribution in [0.5, 0.6) is 0 Å². The summed E-state index contributed by atoms with van der Waals surface area (Å²) in [6, 6.07) is 7.95. The van der Waals surface area contributed by atoms with Gasteiger partial charge in [0.25, 0.3) is 0 Å². The third-order valence-corrected chi connectivity index (χ3v) is 5.44. The summed E-state index contributed by atoms with van der Waals surface area (Å²) >= 11 is 0. The highest BCUT2D eigenvalue weighted by Gasteiger charge is 2.09. The number of sulfone groups is 1. The molecule has 1 aromatic carbocycles. The molecule has 0 saturated carbocycles. The number of benzene rings is 1. The molecule has 150 valence electrons. The van der Waals surface area contributed by atoms with Crippen molar-refractivity contribution in [2.45, 2.75) is 27.3 Å². The second kappa shape index (κ2) is 11.3. The van der Waals surface area contributed by atoms with Crippen LogP contribution in [0.25, 0.3) is 11.5 Å². The normalized spacial score (nSPS) is 11.7. The van der Waals surface area contributed by atoms with Gasteiger partial charge in [-0.15, -0.1) is 24.0 Å². The number of rotatable bonds is 8. The molecular weight excluding hydrogens is 479 g/mol. The monoisotopic (exact) mass is 506 g/mol. The molecule has 0 aliphatic rings. The molecule has 0 atom stereocenters. The standard InChI is InChI=1S/C18H26N4O3S.HI/c1-4-19-18(20-10-11-26(23,24)5-2)21-12-16-13-25-17(22-16)15-8-6-14(3)7-9-15;/h6-9,13H,4-5,10-12H2,1-3H3,(H2,19,20,21);1H. The minimum atomic E-state index is -3.00. The van der Waals surface area contributed by atoms with Crippen LogP contribution in [0.15, 0.2) is 39.9 Å². The van der Waals surface area contributed by atoms with Crippen LogP contribution < -0.4 is 10.6 Å². The van der Waals surface area contributed by atoms with Crippen LogP contribution in [0, 0.1) is 6.92 Å². The highest BCUT2D eigenvalue weighted by atomic mass is 127. The van der Waals surface area contributed by atoms with Gasteiger partial charge >= 0.3 is 0 Å². The molecule has 0 fully saturated rings. The number of halogens is 1. The van der Waals surface area contributed by atoms with Gasteiger partial charge in [-0.25, -0.2) is 18.4 Å². The Labute approximate surface area is 178 Å². The number of nitrogens with zero attached hydrogens (tertiary/aromatic N) is 2. The van der Waals surface area contributed by atoms with E-state index in [1.54, 1.807) is 13.2 Å². The van der Waals surface area contributed by atoms with Crippen molar-refractivity contribution < 1.29 is 12.8 Å². The van der Waals surface area contributed by atoms with Gasteiger partial charge in [0.05, 0.1) is 12.3 Å². The van der Waals surface area contributed by atoms with E-state index in [0.717, 1.165) is 5.56 Å². The van der Waals surface area contributed by atoms with E-state index in [9.17, 15) is 8.42 Å². The Morgan fingerprint density at radius 2 is 1.89 bits per heavy atom. The lowest BCUT2D eigenvalue weighted by Crippen LogP contribution is -2.39. The van der Waals surface area contributed by atoms with E-state index < -0.39 is 9.84 Å². The maximum atomic E-state index is 11.6. The van der Waals surface area contributed by atoms with Crippen molar-refractivity contribution in [1.82, 2.24) is 15.6 Å². The van der Waals surface area contributed by atoms with Gasteiger partial charge in [0.1, 0.15) is 12.0 Å². The average Bonchev–Trinajstić information content (AvgIpc) is 3.09. The van der Waals surface area contributed by atoms with Gasteiger partial charge < -0.3 is 15.1 Å². The molecule has 2 rings (SSSR count). The van der Waals surface area contributed by atoms with Gasteiger partial charge in [0.15, 0.2) is 15.8 Å². The van der Waals surface area contributed by atoms with E-state index in [2.05, 4.69) is 20.6 Å². The van der Waals surface area contributed by atoms with Crippen LogP contribution in [0.4, 0.5) is 0 Å². The third kappa shape index (κ3) is 7.87. The first-order valence-electron chi connectivity index (χ1n) is 8.67. The predicted octanol–water partition coefficient (Wildman–Crippen LogP) is 2.76. The second-order valence-corrected chi connectivity index (χ2v) is 8.34. The van der Waals surface area contributed by atoms with E-state index in [1.807, 2.05) is 38.1 Å². The summed E-state index contributed by atoms with van der Waals surface area (Å²) in [5.41, 5.74) is 2.80. The van der Waals surface area contributed by atoms with E-state index in [0.29, 0.717) is 37.2 Å². The average molecular weight is 506 g/mol. The fraction of sp³-hybridized carbons (Fsp3) is 0.444. The molecule has 0 aliphatic heterocycles. The molecule has 0 bridgehead atoms. The van der Waals surface area contributed by atoms with Crippen LogP contribution in [-0.4, -0.2) is 44.0 Å². The smallest absolute Gasteiger partial charge is 0.226 e. The molecule has 1 heterocycles. The first kappa shape index (κ1) is 23.4. The number of aryl methyl sites for hydroxylation is 1. The summed E-state index contributed by atoms with van der Waals surface area (Å²) in [6.07, 6.45) is 1.59. The van der Waals surface area contributed by atoms with Crippen LogP contribution in [0.2, 0.25) is 0 Å². The number of hydrogen-bond donors (Lipinski definition) is 2. The van der Waals surface area contributed by atoms with Gasteiger partial charge in [-0.2, -0.15) is 0 Å². The zero-order valence-corrected chi connectivity index (χ0v) is 19.0. The van der Waals surface area contributed by atoms with E-state index in [4.69, 9.17) is 4.42 Å². The molecule has 0 radical (unpaired) electrons. The molecule has 0 unspecified atom stereocenters. The number of guanidine groups is 1. The molecule has 0 amide bonds. The van der Waals surface area contributed by atoms with E-state index >= 15 is 0 Å². The fourth-order valence-corrected chi connectivity index (χ4v) is 2.88. The second-order valence-electron chi connectivity index (χ2n) is 5.87. The number of nitrogens with one attached hydrogen (secondary N) is 2. The van der Waals surface area contributed by atoms with Crippen molar-refractivity contribution in [3.63, 3.8) is 0 Å².